The van der Waals surface area contributed by atoms with Gasteiger partial charge in [-0.1, -0.05) is 12.1 Å². The number of nitrogens with one attached hydrogen (secondary N) is 2. The third-order valence-corrected chi connectivity index (χ3v) is 3.13. The molecule has 1 aliphatic carbocycles. The van der Waals surface area contributed by atoms with Gasteiger partial charge >= 0.3 is 0 Å². The molecule has 2 amide bonds. The number of anilines is 1. The van der Waals surface area contributed by atoms with E-state index in [2.05, 4.69) is 10.6 Å². The van der Waals surface area contributed by atoms with Crippen molar-refractivity contribution in [3.63, 3.8) is 0 Å². The lowest BCUT2D eigenvalue weighted by atomic mass is 10.2. The predicted molar refractivity (Wildman–Crippen MR) is 80.0 cm³/mol. The first-order chi connectivity index (χ1) is 10.1. The molecule has 1 saturated carbocycles. The van der Waals surface area contributed by atoms with Crippen molar-refractivity contribution in [1.82, 2.24) is 5.32 Å². The van der Waals surface area contributed by atoms with E-state index in [0.717, 1.165) is 0 Å². The fraction of sp³-hybridized carbons (Fsp3) is 0.467. The molecule has 2 rings (SSSR count). The van der Waals surface area contributed by atoms with E-state index in [1.165, 1.54) is 12.8 Å². The fourth-order valence-corrected chi connectivity index (χ4v) is 1.85. The summed E-state index contributed by atoms with van der Waals surface area (Å²) in [5.41, 5.74) is 5.67. The maximum Gasteiger partial charge on any atom is 0.225 e. The van der Waals surface area contributed by atoms with Gasteiger partial charge < -0.3 is 21.1 Å². The number of hydrogen-bond donors (Lipinski definition) is 3. The summed E-state index contributed by atoms with van der Waals surface area (Å²) in [5.74, 6) is 0.0685. The van der Waals surface area contributed by atoms with Crippen LogP contribution in [0.25, 0.3) is 0 Å². The lowest BCUT2D eigenvalue weighted by Crippen LogP contribution is -2.23. The molecule has 1 fully saturated rings. The van der Waals surface area contributed by atoms with Gasteiger partial charge in [-0.2, -0.15) is 0 Å². The lowest BCUT2D eigenvalue weighted by Gasteiger charge is -2.12. The minimum Gasteiger partial charge on any atom is -0.491 e. The molecule has 4 N–H and O–H groups in total. The molecule has 6 heteroatoms. The minimum absolute atomic E-state index is 0.0610. The first kappa shape index (κ1) is 15.3. The average Bonchev–Trinajstić information content (AvgIpc) is 3.24. The Morgan fingerprint density at radius 2 is 2.00 bits per heavy atom. The van der Waals surface area contributed by atoms with Gasteiger partial charge in [-0.3, -0.25) is 9.59 Å². The summed E-state index contributed by atoms with van der Waals surface area (Å²) in [6, 6.07) is 7.75. The molecule has 1 aromatic carbocycles. The molecular formula is C15H21N3O3. The smallest absolute Gasteiger partial charge is 0.225 e. The van der Waals surface area contributed by atoms with E-state index in [1.54, 1.807) is 12.1 Å². The summed E-state index contributed by atoms with van der Waals surface area (Å²) in [5, 5.41) is 6.11. The number of nitrogens with two attached hydrogens (primary N) is 1. The Labute approximate surface area is 124 Å². The number of amides is 2. The van der Waals surface area contributed by atoms with Crippen LogP contribution in [0.1, 0.15) is 25.7 Å². The van der Waals surface area contributed by atoms with Crippen LogP contribution in [-0.2, 0) is 9.59 Å². The van der Waals surface area contributed by atoms with Crippen LogP contribution in [0.4, 0.5) is 5.69 Å². The second-order valence-electron chi connectivity index (χ2n) is 5.09. The summed E-state index contributed by atoms with van der Waals surface area (Å²) in [6.07, 6.45) is 2.98. The third kappa shape index (κ3) is 5.83. The van der Waals surface area contributed by atoms with Crippen LogP contribution in [-0.4, -0.2) is 31.0 Å². The van der Waals surface area contributed by atoms with Crippen LogP contribution in [0.3, 0.4) is 0 Å². The Balaban J connectivity index is 1.79. The van der Waals surface area contributed by atoms with Crippen LogP contribution in [0, 0.1) is 0 Å². The molecule has 1 aromatic rings. The first-order valence-corrected chi connectivity index (χ1v) is 7.18. The van der Waals surface area contributed by atoms with Gasteiger partial charge in [0.2, 0.25) is 11.8 Å². The first-order valence-electron chi connectivity index (χ1n) is 7.18. The van der Waals surface area contributed by atoms with Crippen LogP contribution in [0.2, 0.25) is 0 Å². The van der Waals surface area contributed by atoms with Crippen molar-refractivity contribution in [3.8, 4) is 5.75 Å². The monoisotopic (exact) mass is 291 g/mol. The minimum atomic E-state index is -0.414. The van der Waals surface area contributed by atoms with Gasteiger partial charge in [0, 0.05) is 19.0 Å². The van der Waals surface area contributed by atoms with E-state index < -0.39 is 5.91 Å². The zero-order valence-corrected chi connectivity index (χ0v) is 11.9. The van der Waals surface area contributed by atoms with Crippen molar-refractivity contribution < 1.29 is 14.3 Å². The predicted octanol–water partition coefficient (Wildman–Crippen LogP) is 1.02. The normalized spacial score (nSPS) is 13.7. The van der Waals surface area contributed by atoms with Crippen molar-refractivity contribution >= 4 is 17.5 Å². The van der Waals surface area contributed by atoms with Gasteiger partial charge in [0.25, 0.3) is 0 Å². The van der Waals surface area contributed by atoms with Crippen molar-refractivity contribution in [3.05, 3.63) is 24.3 Å². The van der Waals surface area contributed by atoms with Gasteiger partial charge in [-0.05, 0) is 25.0 Å². The van der Waals surface area contributed by atoms with E-state index in [-0.39, 0.29) is 18.9 Å². The highest BCUT2D eigenvalue weighted by molar-refractivity contribution is 5.92. The van der Waals surface area contributed by atoms with Crippen LogP contribution in [0.15, 0.2) is 24.3 Å². The number of carbonyl (C=O) groups is 2. The number of ether oxygens (including phenoxy) is 1. The van der Waals surface area contributed by atoms with Crippen molar-refractivity contribution in [2.24, 2.45) is 5.73 Å². The highest BCUT2D eigenvalue weighted by Gasteiger charge is 2.20. The molecule has 0 radical (unpaired) electrons. The second kappa shape index (κ2) is 7.64. The summed E-state index contributed by atoms with van der Waals surface area (Å²) >= 11 is 0. The maximum atomic E-state index is 11.9. The molecule has 0 aromatic heterocycles. The van der Waals surface area contributed by atoms with Gasteiger partial charge in [-0.15, -0.1) is 0 Å². The van der Waals surface area contributed by atoms with E-state index in [0.29, 0.717) is 30.4 Å². The second-order valence-corrected chi connectivity index (χ2v) is 5.09. The average molecular weight is 291 g/mol. The van der Waals surface area contributed by atoms with Crippen LogP contribution < -0.4 is 21.1 Å². The Bertz CT molecular complexity index is 501. The summed E-state index contributed by atoms with van der Waals surface area (Å²) in [4.78, 5) is 22.6. The quantitative estimate of drug-likeness (QED) is 0.633. The number of para-hydroxylation sites is 2. The van der Waals surface area contributed by atoms with Gasteiger partial charge in [0.05, 0.1) is 18.7 Å². The molecule has 1 aliphatic rings. The Morgan fingerprint density at radius 1 is 1.24 bits per heavy atom. The molecular weight excluding hydrogens is 270 g/mol. The fourth-order valence-electron chi connectivity index (χ4n) is 1.85. The summed E-state index contributed by atoms with van der Waals surface area (Å²) < 4.78 is 5.47. The highest BCUT2D eigenvalue weighted by atomic mass is 16.5. The maximum absolute atomic E-state index is 11.9. The molecule has 0 heterocycles. The van der Waals surface area contributed by atoms with E-state index in [9.17, 15) is 9.59 Å². The Kier molecular flexibility index (Phi) is 5.57. The van der Waals surface area contributed by atoms with E-state index >= 15 is 0 Å². The molecule has 0 bridgehead atoms. The number of carbonyl (C=O) groups excluding carboxylic acids is 2. The number of primary amides is 1. The zero-order chi connectivity index (χ0) is 15.1. The van der Waals surface area contributed by atoms with E-state index in [4.69, 9.17) is 10.5 Å². The summed E-state index contributed by atoms with van der Waals surface area (Å²) in [7, 11) is 0. The molecule has 0 spiro atoms. The molecule has 21 heavy (non-hydrogen) atoms. The van der Waals surface area contributed by atoms with Crippen molar-refractivity contribution in [2.75, 3.05) is 18.5 Å². The number of benzene rings is 1. The molecule has 0 unspecified atom stereocenters. The number of hydrogen-bond acceptors (Lipinski definition) is 4. The van der Waals surface area contributed by atoms with Crippen molar-refractivity contribution in [2.45, 2.75) is 31.7 Å². The molecule has 0 aliphatic heterocycles. The zero-order valence-electron chi connectivity index (χ0n) is 11.9. The summed E-state index contributed by atoms with van der Waals surface area (Å²) in [6.45, 7) is 0.882. The van der Waals surface area contributed by atoms with Gasteiger partial charge in [-0.25, -0.2) is 0 Å². The largest absolute Gasteiger partial charge is 0.491 e. The Hall–Kier alpha value is -2.08. The van der Waals surface area contributed by atoms with Gasteiger partial charge in [0.15, 0.2) is 0 Å². The van der Waals surface area contributed by atoms with Crippen LogP contribution in [0.5, 0.6) is 5.75 Å². The SMILES string of the molecule is NC(=O)CCOc1ccccc1NC(=O)CCNC1CC1. The topological polar surface area (TPSA) is 93.5 Å². The standard InChI is InChI=1S/C15H21N3O3/c16-14(19)8-10-21-13-4-2-1-3-12(13)18-15(20)7-9-17-11-5-6-11/h1-4,11,17H,5-10H2,(H2,16,19)(H,18,20). The number of rotatable bonds is 9. The molecule has 0 saturated heterocycles. The van der Waals surface area contributed by atoms with Gasteiger partial charge in [0.1, 0.15) is 5.75 Å². The third-order valence-electron chi connectivity index (χ3n) is 3.13. The van der Waals surface area contributed by atoms with Crippen LogP contribution >= 0.6 is 0 Å². The van der Waals surface area contributed by atoms with E-state index in [1.807, 2.05) is 12.1 Å². The highest BCUT2D eigenvalue weighted by Crippen LogP contribution is 2.24. The molecule has 114 valence electrons. The Morgan fingerprint density at radius 3 is 2.71 bits per heavy atom. The molecule has 0 atom stereocenters. The van der Waals surface area contributed by atoms with Crippen molar-refractivity contribution in [1.29, 1.82) is 0 Å². The molecule has 6 nitrogen and oxygen atoms in total. The lowest BCUT2D eigenvalue weighted by molar-refractivity contribution is -0.118.